The van der Waals surface area contributed by atoms with Gasteiger partial charge in [0.2, 0.25) is 0 Å². The molecule has 6 nitrogen and oxygen atoms in total. The standard InChI is InChI=1S/C16H24N2O4/c1-12-7-6-8-14(13(12)2)22-11-18-16(21)17-10-5-3-4-9-15(19)20/h6-8H,3-5,9-11H2,1-2H3,(H,19,20)(H2,17,18,21). The Kier molecular flexibility index (Phi) is 7.81. The van der Waals surface area contributed by atoms with Crippen LogP contribution in [0.5, 0.6) is 5.75 Å². The van der Waals surface area contributed by atoms with Gasteiger partial charge in [0.25, 0.3) is 0 Å². The van der Waals surface area contributed by atoms with Gasteiger partial charge in [0.05, 0.1) is 0 Å². The lowest BCUT2D eigenvalue weighted by molar-refractivity contribution is -0.137. The lowest BCUT2D eigenvalue weighted by Crippen LogP contribution is -2.38. The van der Waals surface area contributed by atoms with Gasteiger partial charge in [-0.2, -0.15) is 0 Å². The summed E-state index contributed by atoms with van der Waals surface area (Å²) in [7, 11) is 0. The number of aliphatic carboxylic acids is 1. The molecule has 2 amide bonds. The van der Waals surface area contributed by atoms with Gasteiger partial charge in [-0.05, 0) is 43.9 Å². The number of rotatable bonds is 9. The lowest BCUT2D eigenvalue weighted by atomic mass is 10.1. The fraction of sp³-hybridized carbons (Fsp3) is 0.500. The number of carbonyl (C=O) groups excluding carboxylic acids is 1. The van der Waals surface area contributed by atoms with Crippen molar-refractivity contribution >= 4 is 12.0 Å². The zero-order valence-corrected chi connectivity index (χ0v) is 13.1. The molecule has 0 unspecified atom stereocenters. The zero-order chi connectivity index (χ0) is 16.4. The van der Waals surface area contributed by atoms with Crippen LogP contribution in [0.15, 0.2) is 18.2 Å². The topological polar surface area (TPSA) is 87.7 Å². The Bertz CT molecular complexity index is 503. The lowest BCUT2D eigenvalue weighted by Gasteiger charge is -2.12. The van der Waals surface area contributed by atoms with E-state index >= 15 is 0 Å². The van der Waals surface area contributed by atoms with Crippen LogP contribution in [0.2, 0.25) is 0 Å². The molecule has 0 atom stereocenters. The van der Waals surface area contributed by atoms with Crippen LogP contribution in [0, 0.1) is 13.8 Å². The largest absolute Gasteiger partial charge is 0.481 e. The second-order valence-corrected chi connectivity index (χ2v) is 5.12. The van der Waals surface area contributed by atoms with Crippen molar-refractivity contribution in [2.24, 2.45) is 0 Å². The molecule has 0 bridgehead atoms. The summed E-state index contributed by atoms with van der Waals surface area (Å²) in [5, 5.41) is 13.8. The first-order valence-electron chi connectivity index (χ1n) is 7.43. The molecule has 0 aliphatic rings. The first-order valence-corrected chi connectivity index (χ1v) is 7.43. The van der Waals surface area contributed by atoms with Gasteiger partial charge in [-0.3, -0.25) is 4.79 Å². The highest BCUT2D eigenvalue weighted by atomic mass is 16.5. The van der Waals surface area contributed by atoms with Crippen LogP contribution in [0.3, 0.4) is 0 Å². The number of amides is 2. The third-order valence-corrected chi connectivity index (χ3v) is 3.37. The summed E-state index contributed by atoms with van der Waals surface area (Å²) in [5.74, 6) is -0.0248. The van der Waals surface area contributed by atoms with E-state index in [0.717, 1.165) is 29.7 Å². The van der Waals surface area contributed by atoms with E-state index in [2.05, 4.69) is 10.6 Å². The second-order valence-electron chi connectivity index (χ2n) is 5.12. The van der Waals surface area contributed by atoms with Gasteiger partial charge >= 0.3 is 12.0 Å². The highest BCUT2D eigenvalue weighted by Gasteiger charge is 2.03. The van der Waals surface area contributed by atoms with Crippen LogP contribution in [0.25, 0.3) is 0 Å². The Balaban J connectivity index is 2.11. The van der Waals surface area contributed by atoms with E-state index in [9.17, 15) is 9.59 Å². The van der Waals surface area contributed by atoms with E-state index in [1.54, 1.807) is 0 Å². The van der Waals surface area contributed by atoms with Gasteiger partial charge in [-0.25, -0.2) is 4.79 Å². The van der Waals surface area contributed by atoms with Gasteiger partial charge in [0.1, 0.15) is 5.75 Å². The Morgan fingerprint density at radius 2 is 1.91 bits per heavy atom. The van der Waals surface area contributed by atoms with Crippen molar-refractivity contribution in [3.05, 3.63) is 29.3 Å². The number of benzene rings is 1. The average Bonchev–Trinajstić information content (AvgIpc) is 2.47. The van der Waals surface area contributed by atoms with Crippen molar-refractivity contribution in [3.63, 3.8) is 0 Å². The number of aryl methyl sites for hydroxylation is 1. The first kappa shape index (κ1) is 17.8. The van der Waals surface area contributed by atoms with Gasteiger partial charge in [0.15, 0.2) is 6.73 Å². The molecule has 0 aliphatic carbocycles. The van der Waals surface area contributed by atoms with E-state index in [0.29, 0.717) is 13.0 Å². The van der Waals surface area contributed by atoms with E-state index in [1.807, 2.05) is 32.0 Å². The van der Waals surface area contributed by atoms with Gasteiger partial charge in [-0.15, -0.1) is 0 Å². The summed E-state index contributed by atoms with van der Waals surface area (Å²) in [6.07, 6.45) is 2.36. The molecule has 0 saturated carbocycles. The third kappa shape index (κ3) is 6.97. The molecule has 0 fully saturated rings. The molecular weight excluding hydrogens is 284 g/mol. The summed E-state index contributed by atoms with van der Waals surface area (Å²) >= 11 is 0. The molecule has 6 heteroatoms. The van der Waals surface area contributed by atoms with Crippen molar-refractivity contribution in [2.45, 2.75) is 39.5 Å². The Hall–Kier alpha value is -2.24. The molecule has 1 aromatic carbocycles. The molecule has 122 valence electrons. The number of carboxylic acids is 1. The van der Waals surface area contributed by atoms with Crippen LogP contribution >= 0.6 is 0 Å². The summed E-state index contributed by atoms with van der Waals surface area (Å²) in [6.45, 7) is 4.61. The number of hydrogen-bond acceptors (Lipinski definition) is 3. The molecular formula is C16H24N2O4. The Morgan fingerprint density at radius 3 is 2.64 bits per heavy atom. The predicted molar refractivity (Wildman–Crippen MR) is 84.0 cm³/mol. The minimum atomic E-state index is -0.783. The number of nitrogens with one attached hydrogen (secondary N) is 2. The minimum absolute atomic E-state index is 0.106. The van der Waals surface area contributed by atoms with E-state index in [1.165, 1.54) is 0 Å². The number of ether oxygens (including phenoxy) is 1. The fourth-order valence-electron chi connectivity index (χ4n) is 1.90. The summed E-state index contributed by atoms with van der Waals surface area (Å²) in [5.41, 5.74) is 2.20. The van der Waals surface area contributed by atoms with Crippen LogP contribution in [0.1, 0.15) is 36.8 Å². The van der Waals surface area contributed by atoms with Gasteiger partial charge < -0.3 is 20.5 Å². The molecule has 0 radical (unpaired) electrons. The third-order valence-electron chi connectivity index (χ3n) is 3.37. The van der Waals surface area contributed by atoms with Crippen molar-refractivity contribution < 1.29 is 19.4 Å². The van der Waals surface area contributed by atoms with Crippen molar-refractivity contribution in [3.8, 4) is 5.75 Å². The monoisotopic (exact) mass is 308 g/mol. The van der Waals surface area contributed by atoms with Crippen LogP contribution in [0.4, 0.5) is 4.79 Å². The molecule has 0 aliphatic heterocycles. The molecule has 1 aromatic rings. The molecule has 0 aromatic heterocycles. The molecule has 1 rings (SSSR count). The number of urea groups is 1. The summed E-state index contributed by atoms with van der Waals surface area (Å²) < 4.78 is 5.52. The van der Waals surface area contributed by atoms with Gasteiger partial charge in [-0.1, -0.05) is 18.6 Å². The molecule has 3 N–H and O–H groups in total. The number of carbonyl (C=O) groups is 2. The quantitative estimate of drug-likeness (QED) is 0.483. The van der Waals surface area contributed by atoms with Crippen LogP contribution < -0.4 is 15.4 Å². The molecule has 0 saturated heterocycles. The number of unbranched alkanes of at least 4 members (excludes halogenated alkanes) is 2. The van der Waals surface area contributed by atoms with Crippen molar-refractivity contribution in [2.75, 3.05) is 13.3 Å². The van der Waals surface area contributed by atoms with Crippen LogP contribution in [-0.4, -0.2) is 30.4 Å². The maximum atomic E-state index is 11.5. The molecule has 22 heavy (non-hydrogen) atoms. The Labute approximate surface area is 130 Å². The van der Waals surface area contributed by atoms with Crippen LogP contribution in [-0.2, 0) is 4.79 Å². The van der Waals surface area contributed by atoms with E-state index in [4.69, 9.17) is 9.84 Å². The zero-order valence-electron chi connectivity index (χ0n) is 13.1. The highest BCUT2D eigenvalue weighted by molar-refractivity contribution is 5.73. The van der Waals surface area contributed by atoms with E-state index in [-0.39, 0.29) is 19.2 Å². The Morgan fingerprint density at radius 1 is 1.14 bits per heavy atom. The second kappa shape index (κ2) is 9.65. The summed E-state index contributed by atoms with van der Waals surface area (Å²) in [4.78, 5) is 21.9. The van der Waals surface area contributed by atoms with Gasteiger partial charge in [0, 0.05) is 13.0 Å². The highest BCUT2D eigenvalue weighted by Crippen LogP contribution is 2.19. The summed E-state index contributed by atoms with van der Waals surface area (Å²) in [6, 6.07) is 5.50. The van der Waals surface area contributed by atoms with Crippen molar-refractivity contribution in [1.29, 1.82) is 0 Å². The maximum absolute atomic E-state index is 11.5. The smallest absolute Gasteiger partial charge is 0.317 e. The predicted octanol–water partition coefficient (Wildman–Crippen LogP) is 2.58. The minimum Gasteiger partial charge on any atom is -0.481 e. The first-order chi connectivity index (χ1) is 10.5. The number of carboxylic acid groups (broad SMARTS) is 1. The normalized spacial score (nSPS) is 10.1. The molecule has 0 heterocycles. The maximum Gasteiger partial charge on any atom is 0.317 e. The average molecular weight is 308 g/mol. The number of hydrogen-bond donors (Lipinski definition) is 3. The van der Waals surface area contributed by atoms with Crippen molar-refractivity contribution in [1.82, 2.24) is 10.6 Å². The molecule has 0 spiro atoms. The fourth-order valence-corrected chi connectivity index (χ4v) is 1.90. The SMILES string of the molecule is Cc1cccc(OCNC(=O)NCCCCCC(=O)O)c1C. The van der Waals surface area contributed by atoms with E-state index < -0.39 is 5.97 Å².